The number of ether oxygens (including phenoxy) is 1. The number of nitrogens with zero attached hydrogens (tertiary/aromatic N) is 2. The monoisotopic (exact) mass is 483 g/mol. The van der Waals surface area contributed by atoms with Gasteiger partial charge in [0.1, 0.15) is 5.56 Å². The van der Waals surface area contributed by atoms with Crippen molar-refractivity contribution in [2.75, 3.05) is 25.0 Å². The fourth-order valence-electron chi connectivity index (χ4n) is 2.85. The number of amides is 1. The zero-order chi connectivity index (χ0) is 25.4. The van der Waals surface area contributed by atoms with Gasteiger partial charge in [-0.3, -0.25) is 14.9 Å². The van der Waals surface area contributed by atoms with Crippen LogP contribution in [-0.2, 0) is 0 Å². The molecule has 2 rings (SSSR count). The van der Waals surface area contributed by atoms with Crippen LogP contribution in [0, 0.1) is 10.1 Å². The number of hydrogen-bond donors (Lipinski definition) is 3. The second-order valence-electron chi connectivity index (χ2n) is 6.66. The van der Waals surface area contributed by atoms with E-state index in [2.05, 4.69) is 15.6 Å². The van der Waals surface area contributed by atoms with Crippen molar-refractivity contribution in [3.05, 3.63) is 21.7 Å². The van der Waals surface area contributed by atoms with Crippen LogP contribution in [-0.4, -0.2) is 54.4 Å². The Labute approximate surface area is 190 Å². The lowest BCUT2D eigenvalue weighted by atomic mass is 9.95. The first-order valence-electron chi connectivity index (χ1n) is 10.8. The third kappa shape index (κ3) is 11.6. The molecule has 1 heterocycles. The number of halogens is 4. The molecule has 9 nitrogen and oxygen atoms in total. The maximum Gasteiger partial charge on any atom is 0.312 e. The quantitative estimate of drug-likeness (QED) is 0.270. The van der Waals surface area contributed by atoms with Gasteiger partial charge in [0.25, 0.3) is 18.8 Å². The fourth-order valence-corrected chi connectivity index (χ4v) is 2.85. The number of nitrogens with two attached hydrogens (primary N) is 1. The lowest BCUT2D eigenvalue weighted by Gasteiger charge is -2.23. The topological polar surface area (TPSA) is 132 Å². The van der Waals surface area contributed by atoms with E-state index in [1.54, 1.807) is 0 Å². The highest BCUT2D eigenvalue weighted by molar-refractivity contribution is 5.97. The molecule has 0 radical (unpaired) electrons. The smallest absolute Gasteiger partial charge is 0.312 e. The molecule has 190 valence electrons. The third-order valence-corrected chi connectivity index (χ3v) is 4.12. The molecule has 1 aliphatic carbocycles. The summed E-state index contributed by atoms with van der Waals surface area (Å²) in [6, 6.07) is 0.639. The van der Waals surface area contributed by atoms with E-state index < -0.39 is 59.8 Å². The van der Waals surface area contributed by atoms with Crippen LogP contribution >= 0.6 is 0 Å². The van der Waals surface area contributed by atoms with E-state index in [-0.39, 0.29) is 6.04 Å². The highest BCUT2D eigenvalue weighted by Crippen LogP contribution is 2.30. The summed E-state index contributed by atoms with van der Waals surface area (Å²) in [4.78, 5) is 26.5. The second-order valence-corrected chi connectivity index (χ2v) is 6.66. The molecule has 1 saturated carbocycles. The van der Waals surface area contributed by atoms with Gasteiger partial charge in [-0.2, -0.15) is 4.98 Å². The number of nitro groups is 1. The molecule has 0 aromatic carbocycles. The summed E-state index contributed by atoms with van der Waals surface area (Å²) in [5.41, 5.74) is 3.71. The van der Waals surface area contributed by atoms with Crippen LogP contribution in [0.1, 0.15) is 63.2 Å². The molecular weight excluding hydrogens is 450 g/mol. The molecule has 4 N–H and O–H groups in total. The number of pyridine rings is 1. The van der Waals surface area contributed by atoms with E-state index in [0.29, 0.717) is 0 Å². The minimum atomic E-state index is -2.89. The van der Waals surface area contributed by atoms with Crippen LogP contribution in [0.4, 0.5) is 29.1 Å². The predicted octanol–water partition coefficient (Wildman–Crippen LogP) is 4.36. The number of nitrogens with one attached hydrogen (secondary N) is 2. The van der Waals surface area contributed by atoms with E-state index in [1.165, 1.54) is 0 Å². The molecule has 0 unspecified atom stereocenters. The van der Waals surface area contributed by atoms with E-state index >= 15 is 0 Å². The molecular formula is C20H33F4N5O4. The van der Waals surface area contributed by atoms with Gasteiger partial charge in [0.2, 0.25) is 11.7 Å². The van der Waals surface area contributed by atoms with Gasteiger partial charge in [0.05, 0.1) is 11.5 Å². The lowest BCUT2D eigenvalue weighted by molar-refractivity contribution is -0.384. The van der Waals surface area contributed by atoms with Crippen LogP contribution in [0.2, 0.25) is 0 Å². The van der Waals surface area contributed by atoms with Crippen molar-refractivity contribution in [1.82, 2.24) is 10.3 Å². The summed E-state index contributed by atoms with van der Waals surface area (Å²) >= 11 is 0. The van der Waals surface area contributed by atoms with Gasteiger partial charge in [-0.25, -0.2) is 17.6 Å². The van der Waals surface area contributed by atoms with Gasteiger partial charge in [-0.15, -0.1) is 0 Å². The van der Waals surface area contributed by atoms with E-state index in [9.17, 15) is 32.5 Å². The van der Waals surface area contributed by atoms with Crippen LogP contribution in [0.25, 0.3) is 0 Å². The van der Waals surface area contributed by atoms with Crippen LogP contribution in [0.15, 0.2) is 6.07 Å². The lowest BCUT2D eigenvalue weighted by Crippen LogP contribution is -2.36. The molecule has 1 amide bonds. The zero-order valence-electron chi connectivity index (χ0n) is 19.1. The van der Waals surface area contributed by atoms with Crippen LogP contribution < -0.4 is 21.1 Å². The molecule has 1 aliphatic rings. The van der Waals surface area contributed by atoms with Crippen molar-refractivity contribution in [3.63, 3.8) is 0 Å². The van der Waals surface area contributed by atoms with Crippen molar-refractivity contribution in [3.8, 4) is 5.88 Å². The number of carbonyl (C=O) groups excluding carboxylic acids is 1. The zero-order valence-corrected chi connectivity index (χ0v) is 19.1. The van der Waals surface area contributed by atoms with Crippen molar-refractivity contribution < 1.29 is 32.0 Å². The first kappa shape index (κ1) is 30.3. The molecule has 0 atom stereocenters. The Morgan fingerprint density at radius 1 is 1.24 bits per heavy atom. The third-order valence-electron chi connectivity index (χ3n) is 4.12. The van der Waals surface area contributed by atoms with Crippen molar-refractivity contribution in [2.24, 2.45) is 5.73 Å². The Balaban J connectivity index is 0.00000189. The predicted molar refractivity (Wildman–Crippen MR) is 117 cm³/mol. The normalized spacial score (nSPS) is 13.4. The summed E-state index contributed by atoms with van der Waals surface area (Å²) < 4.78 is 54.7. The molecule has 1 aromatic heterocycles. The standard InChI is InChI=1S/C16H20F4N4O4.C2H7N.C2H6/c17-12(18)7-21-14-11(24(26)27)6-10(16(23-14)28-8-13(19)20)15(25)22-9-4-2-1-3-5-9;1-2-3;1-2/h6,9,12-13H,1-5,7-8H2,(H,21,23)(H,22,25);2-3H2,1H3;1-2H3. The van der Waals surface area contributed by atoms with Gasteiger partial charge in [-0.1, -0.05) is 40.0 Å². The fraction of sp³-hybridized carbons (Fsp3) is 0.700. The number of carbonyl (C=O) groups is 1. The van der Waals surface area contributed by atoms with Gasteiger partial charge in [0.15, 0.2) is 6.61 Å². The average Bonchev–Trinajstić information content (AvgIpc) is 2.78. The van der Waals surface area contributed by atoms with Crippen LogP contribution in [0.3, 0.4) is 0 Å². The van der Waals surface area contributed by atoms with Crippen LogP contribution in [0.5, 0.6) is 5.88 Å². The van der Waals surface area contributed by atoms with Crippen molar-refractivity contribution in [2.45, 2.75) is 71.8 Å². The van der Waals surface area contributed by atoms with Crippen molar-refractivity contribution in [1.29, 1.82) is 0 Å². The molecule has 0 spiro atoms. The summed E-state index contributed by atoms with van der Waals surface area (Å²) in [5.74, 6) is -1.94. The van der Waals surface area contributed by atoms with E-state index in [0.717, 1.165) is 44.7 Å². The van der Waals surface area contributed by atoms with Crippen molar-refractivity contribution >= 4 is 17.4 Å². The van der Waals surface area contributed by atoms with Gasteiger partial charge < -0.3 is 21.1 Å². The maximum atomic E-state index is 12.5. The molecule has 0 aliphatic heterocycles. The number of rotatable bonds is 9. The maximum absolute atomic E-state index is 12.5. The van der Waals surface area contributed by atoms with Gasteiger partial charge in [0, 0.05) is 12.1 Å². The summed E-state index contributed by atoms with van der Waals surface area (Å²) in [5, 5.41) is 16.0. The number of alkyl halides is 4. The second kappa shape index (κ2) is 16.9. The highest BCUT2D eigenvalue weighted by atomic mass is 19.3. The minimum absolute atomic E-state index is 0.153. The molecule has 33 heavy (non-hydrogen) atoms. The molecule has 1 aromatic rings. The Kier molecular flexibility index (Phi) is 15.5. The Hall–Kier alpha value is -2.70. The largest absolute Gasteiger partial charge is 0.471 e. The SMILES string of the molecule is CC.CCN.O=C(NC1CCCCC1)c1cc([N+](=O)[O-])c(NCC(F)F)nc1OCC(F)F. The summed E-state index contributed by atoms with van der Waals surface area (Å²) in [6.07, 6.45) is -1.41. The van der Waals surface area contributed by atoms with Gasteiger partial charge in [-0.05, 0) is 19.4 Å². The molecule has 0 saturated heterocycles. The first-order valence-corrected chi connectivity index (χ1v) is 10.8. The molecule has 13 heteroatoms. The number of aromatic nitrogens is 1. The first-order chi connectivity index (χ1) is 15.7. The Morgan fingerprint density at radius 2 is 1.82 bits per heavy atom. The Bertz CT molecular complexity index is 720. The van der Waals surface area contributed by atoms with E-state index in [4.69, 9.17) is 10.5 Å². The molecule has 1 fully saturated rings. The summed E-state index contributed by atoms with van der Waals surface area (Å²) in [6.45, 7) is 4.60. The number of anilines is 1. The molecule has 0 bridgehead atoms. The van der Waals surface area contributed by atoms with E-state index in [1.807, 2.05) is 20.8 Å². The summed E-state index contributed by atoms with van der Waals surface area (Å²) in [7, 11) is 0. The number of hydrogen-bond acceptors (Lipinski definition) is 7. The van der Waals surface area contributed by atoms with Gasteiger partial charge >= 0.3 is 5.69 Å². The highest BCUT2D eigenvalue weighted by Gasteiger charge is 2.27. The Morgan fingerprint density at radius 3 is 2.30 bits per heavy atom. The minimum Gasteiger partial charge on any atom is -0.471 e. The average molecular weight is 484 g/mol.